The van der Waals surface area contributed by atoms with Gasteiger partial charge in [0.05, 0.1) is 28.1 Å². The van der Waals surface area contributed by atoms with Gasteiger partial charge < -0.3 is 9.64 Å². The van der Waals surface area contributed by atoms with Crippen molar-refractivity contribution in [2.24, 2.45) is 0 Å². The molecular weight excluding hydrogens is 314 g/mol. The number of thiophene rings is 1. The van der Waals surface area contributed by atoms with Gasteiger partial charge in [-0.1, -0.05) is 12.8 Å². The molecule has 2 fully saturated rings. The Morgan fingerprint density at radius 2 is 2.28 bits per heavy atom. The van der Waals surface area contributed by atoms with E-state index >= 15 is 0 Å². The monoisotopic (exact) mass is 329 g/mol. The third-order valence-electron chi connectivity index (χ3n) is 3.81. The lowest BCUT2D eigenvalue weighted by atomic mass is 9.90. The minimum atomic E-state index is 0.164. The van der Waals surface area contributed by atoms with Gasteiger partial charge in [-0.25, -0.2) is 0 Å². The average molecular weight is 330 g/mol. The minimum absolute atomic E-state index is 0.164. The van der Waals surface area contributed by atoms with E-state index in [1.807, 2.05) is 16.3 Å². The molecule has 1 amide bonds. The number of hydrogen-bond acceptors (Lipinski definition) is 3. The normalized spacial score (nSPS) is 27.9. The molecule has 0 radical (unpaired) electrons. The third-order valence-corrected chi connectivity index (χ3v) is 5.31. The van der Waals surface area contributed by atoms with Crippen LogP contribution < -0.4 is 0 Å². The second kappa shape index (κ2) is 5.31. The lowest BCUT2D eigenvalue weighted by Crippen LogP contribution is -2.54. The molecule has 1 aliphatic carbocycles. The highest BCUT2D eigenvalue weighted by Gasteiger charge is 2.37. The van der Waals surface area contributed by atoms with Crippen LogP contribution in [0.5, 0.6) is 0 Å². The molecule has 1 saturated heterocycles. The van der Waals surface area contributed by atoms with Gasteiger partial charge in [-0.15, -0.1) is 11.3 Å². The zero-order valence-corrected chi connectivity index (χ0v) is 12.5. The summed E-state index contributed by atoms with van der Waals surface area (Å²) in [5.74, 6) is 0.164. The van der Waals surface area contributed by atoms with Crippen LogP contribution in [0, 0.1) is 0 Å². The number of carbonyl (C=O) groups excluding carboxylic acids is 1. The maximum atomic E-state index is 12.5. The first kappa shape index (κ1) is 12.6. The summed E-state index contributed by atoms with van der Waals surface area (Å²) in [5, 5.41) is 1.93. The molecule has 2 atom stereocenters. The van der Waals surface area contributed by atoms with Crippen molar-refractivity contribution in [1.29, 1.82) is 0 Å². The molecule has 0 bridgehead atoms. The van der Waals surface area contributed by atoms with E-state index in [4.69, 9.17) is 4.74 Å². The first-order valence-electron chi connectivity index (χ1n) is 6.42. The van der Waals surface area contributed by atoms with E-state index in [2.05, 4.69) is 15.9 Å². The Hall–Kier alpha value is -0.390. The summed E-state index contributed by atoms with van der Waals surface area (Å²) in [6, 6.07) is 2.21. The molecule has 2 heterocycles. The van der Waals surface area contributed by atoms with Crippen molar-refractivity contribution in [3.8, 4) is 0 Å². The van der Waals surface area contributed by atoms with Crippen molar-refractivity contribution in [2.75, 3.05) is 13.2 Å². The van der Waals surface area contributed by atoms with Crippen LogP contribution >= 0.6 is 27.3 Å². The molecule has 1 saturated carbocycles. The quantitative estimate of drug-likeness (QED) is 0.791. The average Bonchev–Trinajstić information content (AvgIpc) is 2.84. The number of carbonyl (C=O) groups is 1. The number of halogens is 1. The zero-order valence-electron chi connectivity index (χ0n) is 10.1. The minimum Gasteiger partial charge on any atom is -0.374 e. The molecule has 3 rings (SSSR count). The van der Waals surface area contributed by atoms with Gasteiger partial charge in [0.1, 0.15) is 0 Å². The van der Waals surface area contributed by atoms with Crippen LogP contribution in [0.2, 0.25) is 0 Å². The van der Waals surface area contributed by atoms with Crippen LogP contribution in [0.3, 0.4) is 0 Å². The molecule has 0 N–H and O–H groups in total. The molecule has 0 unspecified atom stereocenters. The predicted molar refractivity (Wildman–Crippen MR) is 75.1 cm³/mol. The first-order chi connectivity index (χ1) is 8.75. The molecular formula is C13H16BrNO2S. The van der Waals surface area contributed by atoms with Gasteiger partial charge in [-0.05, 0) is 34.8 Å². The van der Waals surface area contributed by atoms with Crippen molar-refractivity contribution < 1.29 is 9.53 Å². The Labute approximate surface area is 119 Å². The molecule has 1 aromatic rings. The number of hydrogen-bond donors (Lipinski definition) is 0. The van der Waals surface area contributed by atoms with Gasteiger partial charge in [-0.3, -0.25) is 4.79 Å². The van der Waals surface area contributed by atoms with Gasteiger partial charge in [-0.2, -0.15) is 0 Å². The van der Waals surface area contributed by atoms with Crippen LogP contribution in [-0.2, 0) is 4.74 Å². The summed E-state index contributed by atoms with van der Waals surface area (Å²) in [6.07, 6.45) is 4.89. The first-order valence-corrected chi connectivity index (χ1v) is 8.09. The van der Waals surface area contributed by atoms with Gasteiger partial charge in [0.15, 0.2) is 0 Å². The van der Waals surface area contributed by atoms with Gasteiger partial charge in [0.2, 0.25) is 0 Å². The summed E-state index contributed by atoms with van der Waals surface area (Å²) >= 11 is 4.98. The Morgan fingerprint density at radius 3 is 3.06 bits per heavy atom. The molecule has 3 nitrogen and oxygen atoms in total. The number of amides is 1. The van der Waals surface area contributed by atoms with Crippen LogP contribution in [0.1, 0.15) is 36.0 Å². The second-order valence-corrected chi connectivity index (χ2v) is 7.19. The Kier molecular flexibility index (Phi) is 3.73. The highest BCUT2D eigenvalue weighted by molar-refractivity contribution is 9.11. The standard InChI is InChI=1S/C13H16BrNO2S/c14-12-7-9(8-18-12)13(16)15-5-6-17-11-4-2-1-3-10(11)15/h7-8,10-11H,1-6H2/t10-,11-/m0/s1. The predicted octanol–water partition coefficient (Wildman–Crippen LogP) is 3.29. The third kappa shape index (κ3) is 2.36. The van der Waals surface area contributed by atoms with E-state index in [1.54, 1.807) is 11.3 Å². The fourth-order valence-electron chi connectivity index (χ4n) is 2.94. The molecule has 98 valence electrons. The number of nitrogens with zero attached hydrogens (tertiary/aromatic N) is 1. The highest BCUT2D eigenvalue weighted by atomic mass is 79.9. The van der Waals surface area contributed by atoms with Gasteiger partial charge >= 0.3 is 0 Å². The molecule has 0 aromatic carbocycles. The topological polar surface area (TPSA) is 29.5 Å². The van der Waals surface area contributed by atoms with Gasteiger partial charge in [0, 0.05) is 11.9 Å². The number of rotatable bonds is 1. The lowest BCUT2D eigenvalue weighted by Gasteiger charge is -2.43. The molecule has 18 heavy (non-hydrogen) atoms. The van der Waals surface area contributed by atoms with E-state index in [0.717, 1.165) is 28.7 Å². The Morgan fingerprint density at radius 1 is 1.44 bits per heavy atom. The van der Waals surface area contributed by atoms with E-state index in [0.29, 0.717) is 12.6 Å². The fraction of sp³-hybridized carbons (Fsp3) is 0.615. The summed E-state index contributed by atoms with van der Waals surface area (Å²) in [6.45, 7) is 1.41. The molecule has 1 aromatic heterocycles. The SMILES string of the molecule is O=C(c1csc(Br)c1)N1CCO[C@H]2CCCC[C@@H]21. The van der Waals surface area contributed by atoms with Crippen LogP contribution in [-0.4, -0.2) is 36.1 Å². The maximum Gasteiger partial charge on any atom is 0.255 e. The number of ether oxygens (including phenoxy) is 1. The Bertz CT molecular complexity index is 446. The molecule has 2 aliphatic rings. The molecule has 1 aliphatic heterocycles. The summed E-state index contributed by atoms with van der Waals surface area (Å²) in [5.41, 5.74) is 0.804. The summed E-state index contributed by atoms with van der Waals surface area (Å²) < 4.78 is 6.82. The number of fused-ring (bicyclic) bond motifs is 1. The van der Waals surface area contributed by atoms with E-state index in [1.165, 1.54) is 12.8 Å². The van der Waals surface area contributed by atoms with Gasteiger partial charge in [0.25, 0.3) is 5.91 Å². The zero-order chi connectivity index (χ0) is 12.5. The van der Waals surface area contributed by atoms with Crippen molar-refractivity contribution >= 4 is 33.2 Å². The van der Waals surface area contributed by atoms with E-state index in [-0.39, 0.29) is 12.0 Å². The van der Waals surface area contributed by atoms with Crippen LogP contribution in [0.25, 0.3) is 0 Å². The summed E-state index contributed by atoms with van der Waals surface area (Å²) in [7, 11) is 0. The van der Waals surface area contributed by atoms with Crippen molar-refractivity contribution in [3.05, 3.63) is 20.8 Å². The number of morpholine rings is 1. The van der Waals surface area contributed by atoms with E-state index in [9.17, 15) is 4.79 Å². The smallest absolute Gasteiger partial charge is 0.255 e. The maximum absolute atomic E-state index is 12.5. The highest BCUT2D eigenvalue weighted by Crippen LogP contribution is 2.30. The summed E-state index contributed by atoms with van der Waals surface area (Å²) in [4.78, 5) is 14.6. The fourth-order valence-corrected chi connectivity index (χ4v) is 4.07. The lowest BCUT2D eigenvalue weighted by molar-refractivity contribution is -0.0752. The van der Waals surface area contributed by atoms with Crippen molar-refractivity contribution in [3.63, 3.8) is 0 Å². The molecule has 5 heteroatoms. The van der Waals surface area contributed by atoms with Crippen molar-refractivity contribution in [1.82, 2.24) is 4.90 Å². The van der Waals surface area contributed by atoms with E-state index < -0.39 is 0 Å². The largest absolute Gasteiger partial charge is 0.374 e. The molecule has 0 spiro atoms. The van der Waals surface area contributed by atoms with Crippen LogP contribution in [0.4, 0.5) is 0 Å². The van der Waals surface area contributed by atoms with Crippen LogP contribution in [0.15, 0.2) is 15.2 Å². The van der Waals surface area contributed by atoms with Crippen molar-refractivity contribution in [2.45, 2.75) is 37.8 Å². The second-order valence-electron chi connectivity index (χ2n) is 4.90. The Balaban J connectivity index is 1.79.